The van der Waals surface area contributed by atoms with E-state index < -0.39 is 0 Å². The maximum atomic E-state index is 6.73. The first kappa shape index (κ1) is 15.8. The van der Waals surface area contributed by atoms with Crippen molar-refractivity contribution < 1.29 is 9.31 Å². The molecule has 1 heterocycles. The van der Waals surface area contributed by atoms with Gasteiger partial charge in [0, 0.05) is 0 Å². The van der Waals surface area contributed by atoms with Gasteiger partial charge in [-0.25, -0.2) is 0 Å². The molecule has 1 saturated heterocycles. The van der Waals surface area contributed by atoms with E-state index in [0.717, 1.165) is 24.7 Å². The van der Waals surface area contributed by atoms with Crippen molar-refractivity contribution >= 4 is 18.7 Å². The summed E-state index contributed by atoms with van der Waals surface area (Å²) in [5.41, 5.74) is 0.303. The van der Waals surface area contributed by atoms with Crippen molar-refractivity contribution in [1.29, 1.82) is 0 Å². The van der Waals surface area contributed by atoms with Gasteiger partial charge in [-0.1, -0.05) is 46.0 Å². The van der Waals surface area contributed by atoms with E-state index in [4.69, 9.17) is 20.9 Å². The molecule has 4 saturated carbocycles. The average molecular weight is 325 g/mol. The minimum atomic E-state index is -0.186. The fourth-order valence-electron chi connectivity index (χ4n) is 5.91. The number of alkyl halides is 1. The van der Waals surface area contributed by atoms with Gasteiger partial charge >= 0.3 is 7.12 Å². The van der Waals surface area contributed by atoms with E-state index in [1.807, 2.05) is 0 Å². The molecule has 0 aromatic rings. The second kappa shape index (κ2) is 5.39. The summed E-state index contributed by atoms with van der Waals surface area (Å²) in [7, 11) is -0.186. The zero-order valence-corrected chi connectivity index (χ0v) is 15.1. The van der Waals surface area contributed by atoms with Crippen LogP contribution in [0.1, 0.15) is 72.1 Å². The molecule has 2 bridgehead atoms. The zero-order chi connectivity index (χ0) is 15.5. The SMILES string of the molecule is CC1(C)[C@@H]2C[C@H]3OB([C@H](Cl)CC4CCCCC4)O[C@@]3(C)[C@H]1C2. The minimum absolute atomic E-state index is 0.0193. The van der Waals surface area contributed by atoms with E-state index in [-0.39, 0.29) is 24.1 Å². The van der Waals surface area contributed by atoms with Crippen molar-refractivity contribution in [2.75, 3.05) is 0 Å². The second-order valence-corrected chi connectivity index (χ2v) is 9.65. The quantitative estimate of drug-likeness (QED) is 0.547. The minimum Gasteiger partial charge on any atom is -0.404 e. The Bertz CT molecular complexity index is 437. The Morgan fingerprint density at radius 1 is 1.14 bits per heavy atom. The summed E-state index contributed by atoms with van der Waals surface area (Å²) in [4.78, 5) is 0. The molecule has 22 heavy (non-hydrogen) atoms. The van der Waals surface area contributed by atoms with Crippen molar-refractivity contribution in [1.82, 2.24) is 0 Å². The Kier molecular flexibility index (Phi) is 3.87. The normalized spacial score (nSPS) is 45.3. The molecule has 1 aliphatic heterocycles. The molecule has 5 atom stereocenters. The van der Waals surface area contributed by atoms with E-state index in [1.165, 1.54) is 38.5 Å². The summed E-state index contributed by atoms with van der Waals surface area (Å²) in [5.74, 6) is 2.22. The summed E-state index contributed by atoms with van der Waals surface area (Å²) >= 11 is 6.73. The highest BCUT2D eigenvalue weighted by Gasteiger charge is 2.68. The van der Waals surface area contributed by atoms with E-state index in [2.05, 4.69) is 20.8 Å². The van der Waals surface area contributed by atoms with E-state index >= 15 is 0 Å². The molecule has 2 nitrogen and oxygen atoms in total. The van der Waals surface area contributed by atoms with Gasteiger partial charge in [0.15, 0.2) is 0 Å². The van der Waals surface area contributed by atoms with E-state index in [9.17, 15) is 0 Å². The predicted octanol–water partition coefficient (Wildman–Crippen LogP) is 4.83. The second-order valence-electron chi connectivity index (χ2n) is 9.09. The summed E-state index contributed by atoms with van der Waals surface area (Å²) in [6, 6.07) is 0. The molecule has 0 radical (unpaired) electrons. The van der Waals surface area contributed by atoms with Crippen LogP contribution in [0, 0.1) is 23.2 Å². The van der Waals surface area contributed by atoms with Crippen LogP contribution in [0.2, 0.25) is 0 Å². The maximum Gasteiger partial charge on any atom is 0.476 e. The lowest BCUT2D eigenvalue weighted by molar-refractivity contribution is -0.199. The number of hydrogen-bond donors (Lipinski definition) is 0. The predicted molar refractivity (Wildman–Crippen MR) is 90.9 cm³/mol. The van der Waals surface area contributed by atoms with Crippen LogP contribution in [0.3, 0.4) is 0 Å². The number of halogens is 1. The molecule has 0 N–H and O–H groups in total. The van der Waals surface area contributed by atoms with Crippen molar-refractivity contribution in [3.63, 3.8) is 0 Å². The van der Waals surface area contributed by atoms with Gasteiger partial charge in [-0.2, -0.15) is 0 Å². The molecular weight excluding hydrogens is 294 g/mol. The largest absolute Gasteiger partial charge is 0.476 e. The highest BCUT2D eigenvalue weighted by molar-refractivity contribution is 6.59. The van der Waals surface area contributed by atoms with Crippen LogP contribution in [0.15, 0.2) is 0 Å². The molecule has 4 heteroatoms. The Morgan fingerprint density at radius 3 is 2.55 bits per heavy atom. The molecule has 5 rings (SSSR count). The third-order valence-corrected chi connectivity index (χ3v) is 7.93. The van der Waals surface area contributed by atoms with E-state index in [1.54, 1.807) is 0 Å². The van der Waals surface area contributed by atoms with Crippen LogP contribution in [0.5, 0.6) is 0 Å². The van der Waals surface area contributed by atoms with Crippen LogP contribution < -0.4 is 0 Å². The molecule has 5 fully saturated rings. The lowest BCUT2D eigenvalue weighted by Crippen LogP contribution is -2.65. The summed E-state index contributed by atoms with van der Waals surface area (Å²) in [6.45, 7) is 7.10. The van der Waals surface area contributed by atoms with Gasteiger partial charge in [-0.15, -0.1) is 11.6 Å². The molecule has 5 aliphatic rings. The third-order valence-electron chi connectivity index (χ3n) is 7.55. The van der Waals surface area contributed by atoms with Crippen molar-refractivity contribution in [2.45, 2.75) is 89.1 Å². The van der Waals surface area contributed by atoms with Gasteiger partial charge < -0.3 is 9.31 Å². The number of rotatable bonds is 3. The molecule has 0 amide bonds. The zero-order valence-electron chi connectivity index (χ0n) is 14.3. The molecule has 0 aromatic heterocycles. The lowest BCUT2D eigenvalue weighted by atomic mass is 9.43. The molecule has 0 aromatic carbocycles. The topological polar surface area (TPSA) is 18.5 Å². The van der Waals surface area contributed by atoms with Crippen LogP contribution >= 0.6 is 11.6 Å². The van der Waals surface area contributed by atoms with Crippen LogP contribution in [-0.4, -0.2) is 24.1 Å². The van der Waals surface area contributed by atoms with Gasteiger partial charge in [0.2, 0.25) is 0 Å². The highest BCUT2D eigenvalue weighted by atomic mass is 35.5. The Morgan fingerprint density at radius 2 is 1.86 bits per heavy atom. The maximum absolute atomic E-state index is 6.73. The summed E-state index contributed by atoms with van der Waals surface area (Å²) in [5, 5.41) is 0.0193. The van der Waals surface area contributed by atoms with Gasteiger partial charge in [-0.3, -0.25) is 0 Å². The lowest BCUT2D eigenvalue weighted by Gasteiger charge is -2.64. The first-order valence-corrected chi connectivity index (χ1v) is 9.82. The van der Waals surface area contributed by atoms with Crippen molar-refractivity contribution in [2.24, 2.45) is 23.2 Å². The van der Waals surface area contributed by atoms with Crippen LogP contribution in [-0.2, 0) is 9.31 Å². The van der Waals surface area contributed by atoms with Gasteiger partial charge in [-0.05, 0) is 49.4 Å². The first-order chi connectivity index (χ1) is 10.4. The first-order valence-electron chi connectivity index (χ1n) is 9.38. The van der Waals surface area contributed by atoms with Gasteiger partial charge in [0.1, 0.15) is 0 Å². The molecule has 0 spiro atoms. The summed E-state index contributed by atoms with van der Waals surface area (Å²) < 4.78 is 12.8. The fraction of sp³-hybridized carbons (Fsp3) is 1.00. The van der Waals surface area contributed by atoms with Gasteiger partial charge in [0.25, 0.3) is 0 Å². The molecule has 0 unspecified atom stereocenters. The molecular formula is C18H30BClO2. The van der Waals surface area contributed by atoms with Crippen LogP contribution in [0.25, 0.3) is 0 Å². The molecule has 4 aliphatic carbocycles. The monoisotopic (exact) mass is 324 g/mol. The standard InChI is InChI=1S/C18H30BClO2/c1-17(2)13-10-14(17)18(3)15(11-13)21-19(22-18)16(20)9-12-7-5-4-6-8-12/h12-16H,4-11H2,1-3H3/t13-,14-,15+,16+,18-/m0/s1. The third kappa shape index (κ3) is 2.30. The van der Waals surface area contributed by atoms with Crippen LogP contribution in [0.4, 0.5) is 0 Å². The Balaban J connectivity index is 1.41. The number of hydrogen-bond acceptors (Lipinski definition) is 2. The fourth-order valence-corrected chi connectivity index (χ4v) is 6.27. The van der Waals surface area contributed by atoms with Crippen molar-refractivity contribution in [3.05, 3.63) is 0 Å². The van der Waals surface area contributed by atoms with Crippen molar-refractivity contribution in [3.8, 4) is 0 Å². The smallest absolute Gasteiger partial charge is 0.404 e. The summed E-state index contributed by atoms with van der Waals surface area (Å²) in [6.07, 6.45) is 10.6. The Hall–Kier alpha value is 0.275. The highest BCUT2D eigenvalue weighted by Crippen LogP contribution is 2.65. The Labute approximate surface area is 140 Å². The van der Waals surface area contributed by atoms with E-state index in [0.29, 0.717) is 11.3 Å². The molecule has 124 valence electrons. The van der Waals surface area contributed by atoms with Gasteiger partial charge in [0.05, 0.1) is 17.0 Å². The average Bonchev–Trinajstić information content (AvgIpc) is 2.85.